The van der Waals surface area contributed by atoms with Crippen LogP contribution in [-0.2, 0) is 17.9 Å². The molecule has 0 bridgehead atoms. The first kappa shape index (κ1) is 19.4. The Kier molecular flexibility index (Phi) is 6.87. The Balaban J connectivity index is 1.49. The van der Waals surface area contributed by atoms with Gasteiger partial charge in [-0.05, 0) is 29.0 Å². The molecule has 0 radical (unpaired) electrons. The van der Waals surface area contributed by atoms with Crippen molar-refractivity contribution in [3.8, 4) is 0 Å². The number of amides is 1. The van der Waals surface area contributed by atoms with E-state index in [9.17, 15) is 4.79 Å². The molecule has 2 aromatic rings. The number of carbonyl (C=O) groups excluding carboxylic acids is 1. The molecule has 1 atom stereocenters. The summed E-state index contributed by atoms with van der Waals surface area (Å²) in [6.07, 6.45) is 1.67. The van der Waals surface area contributed by atoms with Crippen LogP contribution in [-0.4, -0.2) is 36.9 Å². The Bertz CT molecular complexity index is 772. The molecule has 1 aromatic carbocycles. The second-order valence-corrected chi connectivity index (χ2v) is 7.94. The number of guanidine groups is 1. The highest BCUT2D eigenvalue weighted by atomic mass is 32.1. The van der Waals surface area contributed by atoms with E-state index in [1.807, 2.05) is 4.90 Å². The summed E-state index contributed by atoms with van der Waals surface area (Å²) in [5.74, 6) is 1.52. The van der Waals surface area contributed by atoms with E-state index in [0.29, 0.717) is 25.4 Å². The predicted octanol–water partition coefficient (Wildman–Crippen LogP) is 3.34. The first-order valence-corrected chi connectivity index (χ1v) is 10.4. The molecule has 0 spiro atoms. The number of benzene rings is 1. The number of hydrogen-bond donors (Lipinski definition) is 2. The van der Waals surface area contributed by atoms with Gasteiger partial charge in [0.2, 0.25) is 5.91 Å². The van der Waals surface area contributed by atoms with Crippen molar-refractivity contribution in [2.75, 3.05) is 20.1 Å². The molecule has 6 heteroatoms. The number of likely N-dealkylation sites (tertiary alicyclic amines) is 1. The highest BCUT2D eigenvalue weighted by molar-refractivity contribution is 7.10. The zero-order valence-electron chi connectivity index (χ0n) is 16.1. The van der Waals surface area contributed by atoms with Gasteiger partial charge in [0.1, 0.15) is 0 Å². The van der Waals surface area contributed by atoms with Gasteiger partial charge in [0.05, 0.1) is 0 Å². The zero-order valence-corrected chi connectivity index (χ0v) is 16.9. The van der Waals surface area contributed by atoms with Gasteiger partial charge >= 0.3 is 0 Å². The van der Waals surface area contributed by atoms with Gasteiger partial charge in [-0.3, -0.25) is 9.79 Å². The number of carbonyl (C=O) groups is 1. The molecular weight excluding hydrogens is 356 g/mol. The molecule has 1 saturated heterocycles. The van der Waals surface area contributed by atoms with E-state index in [2.05, 4.69) is 64.3 Å². The SMILES string of the molecule is CN=C(NCc1cccc(CN2CCCC2=O)c1)NCC(C)c1cccs1. The van der Waals surface area contributed by atoms with E-state index >= 15 is 0 Å². The largest absolute Gasteiger partial charge is 0.356 e. The Hall–Kier alpha value is -2.34. The summed E-state index contributed by atoms with van der Waals surface area (Å²) >= 11 is 1.79. The maximum Gasteiger partial charge on any atom is 0.222 e. The molecule has 1 unspecified atom stereocenters. The van der Waals surface area contributed by atoms with Crippen molar-refractivity contribution in [1.82, 2.24) is 15.5 Å². The molecule has 2 heterocycles. The fourth-order valence-corrected chi connectivity index (χ4v) is 4.05. The lowest BCUT2D eigenvalue weighted by molar-refractivity contribution is -0.128. The van der Waals surface area contributed by atoms with Crippen LogP contribution in [0.15, 0.2) is 46.8 Å². The van der Waals surface area contributed by atoms with E-state index in [1.165, 1.54) is 16.0 Å². The van der Waals surface area contributed by atoms with Crippen LogP contribution in [0, 0.1) is 0 Å². The van der Waals surface area contributed by atoms with E-state index in [4.69, 9.17) is 0 Å². The molecule has 1 fully saturated rings. The third-order valence-electron chi connectivity index (χ3n) is 4.82. The summed E-state index contributed by atoms with van der Waals surface area (Å²) in [6.45, 7) is 5.35. The van der Waals surface area contributed by atoms with E-state index in [0.717, 1.165) is 25.5 Å². The highest BCUT2D eigenvalue weighted by Gasteiger charge is 2.19. The molecule has 2 N–H and O–H groups in total. The smallest absolute Gasteiger partial charge is 0.222 e. The number of hydrogen-bond acceptors (Lipinski definition) is 3. The average molecular weight is 385 g/mol. The van der Waals surface area contributed by atoms with Crippen LogP contribution in [0.3, 0.4) is 0 Å². The van der Waals surface area contributed by atoms with E-state index in [-0.39, 0.29) is 5.91 Å². The molecule has 1 amide bonds. The lowest BCUT2D eigenvalue weighted by atomic mass is 10.1. The fraction of sp³-hybridized carbons (Fsp3) is 0.429. The standard InChI is InChI=1S/C21H28N4OS/c1-16(19-8-5-11-27-19)13-23-21(22-2)24-14-17-6-3-7-18(12-17)15-25-10-4-9-20(25)26/h3,5-8,11-12,16H,4,9-10,13-15H2,1-2H3,(H2,22,23,24). The molecule has 0 saturated carbocycles. The summed E-state index contributed by atoms with van der Waals surface area (Å²) in [5.41, 5.74) is 2.37. The maximum atomic E-state index is 11.8. The maximum absolute atomic E-state index is 11.8. The number of nitrogens with one attached hydrogen (secondary N) is 2. The molecule has 0 aliphatic carbocycles. The topological polar surface area (TPSA) is 56.7 Å². The van der Waals surface area contributed by atoms with Gasteiger partial charge in [-0.25, -0.2) is 0 Å². The van der Waals surface area contributed by atoms with Gasteiger partial charge in [-0.15, -0.1) is 11.3 Å². The van der Waals surface area contributed by atoms with E-state index < -0.39 is 0 Å². The van der Waals surface area contributed by atoms with Crippen LogP contribution < -0.4 is 10.6 Å². The Labute approximate surface area is 165 Å². The normalized spacial score (nSPS) is 15.9. The second kappa shape index (κ2) is 9.55. The summed E-state index contributed by atoms with van der Waals surface area (Å²) in [4.78, 5) is 19.5. The van der Waals surface area contributed by atoms with Crippen LogP contribution in [0.25, 0.3) is 0 Å². The quantitative estimate of drug-likeness (QED) is 0.569. The van der Waals surface area contributed by atoms with Gasteiger partial charge in [-0.1, -0.05) is 37.3 Å². The summed E-state index contributed by atoms with van der Waals surface area (Å²) in [7, 11) is 1.79. The van der Waals surface area contributed by atoms with Crippen LogP contribution in [0.1, 0.15) is 41.7 Å². The van der Waals surface area contributed by atoms with Gasteiger partial charge in [0, 0.05) is 50.4 Å². The minimum Gasteiger partial charge on any atom is -0.356 e. The van der Waals surface area contributed by atoms with Crippen LogP contribution in [0.2, 0.25) is 0 Å². The van der Waals surface area contributed by atoms with Crippen molar-refractivity contribution >= 4 is 23.2 Å². The lowest BCUT2D eigenvalue weighted by Crippen LogP contribution is -2.38. The fourth-order valence-electron chi connectivity index (χ4n) is 3.26. The number of rotatable bonds is 7. The molecule has 27 heavy (non-hydrogen) atoms. The average Bonchev–Trinajstić information content (AvgIpc) is 3.35. The van der Waals surface area contributed by atoms with Crippen molar-refractivity contribution in [2.24, 2.45) is 4.99 Å². The van der Waals surface area contributed by atoms with Gasteiger partial charge < -0.3 is 15.5 Å². The number of aliphatic imine (C=N–C) groups is 1. The molecule has 144 valence electrons. The lowest BCUT2D eigenvalue weighted by Gasteiger charge is -2.17. The minimum atomic E-state index is 0.267. The third-order valence-corrected chi connectivity index (χ3v) is 5.93. The molecule has 1 aliphatic heterocycles. The van der Waals surface area contributed by atoms with Crippen molar-refractivity contribution in [3.05, 3.63) is 57.8 Å². The Morgan fingerprint density at radius 1 is 1.26 bits per heavy atom. The minimum absolute atomic E-state index is 0.267. The van der Waals surface area contributed by atoms with Gasteiger partial charge in [0.15, 0.2) is 5.96 Å². The summed E-state index contributed by atoms with van der Waals surface area (Å²) in [5, 5.41) is 8.89. The number of nitrogens with zero attached hydrogens (tertiary/aromatic N) is 2. The first-order chi connectivity index (χ1) is 13.2. The summed E-state index contributed by atoms with van der Waals surface area (Å²) in [6, 6.07) is 12.7. The van der Waals surface area contributed by atoms with Crippen LogP contribution in [0.5, 0.6) is 0 Å². The van der Waals surface area contributed by atoms with Crippen molar-refractivity contribution < 1.29 is 4.79 Å². The third kappa shape index (κ3) is 5.57. The predicted molar refractivity (Wildman–Crippen MR) is 112 cm³/mol. The van der Waals surface area contributed by atoms with Crippen LogP contribution >= 0.6 is 11.3 Å². The second-order valence-electron chi connectivity index (χ2n) is 6.96. The van der Waals surface area contributed by atoms with Gasteiger partial charge in [0.25, 0.3) is 0 Å². The van der Waals surface area contributed by atoms with Crippen molar-refractivity contribution in [1.29, 1.82) is 0 Å². The monoisotopic (exact) mass is 384 g/mol. The molecule has 3 rings (SSSR count). The Morgan fingerprint density at radius 2 is 2.11 bits per heavy atom. The highest BCUT2D eigenvalue weighted by Crippen LogP contribution is 2.19. The molecule has 1 aliphatic rings. The first-order valence-electron chi connectivity index (χ1n) is 9.49. The van der Waals surface area contributed by atoms with Crippen molar-refractivity contribution in [2.45, 2.75) is 38.8 Å². The zero-order chi connectivity index (χ0) is 19.1. The van der Waals surface area contributed by atoms with Crippen molar-refractivity contribution in [3.63, 3.8) is 0 Å². The number of thiophene rings is 1. The molecular formula is C21H28N4OS. The molecule has 1 aromatic heterocycles. The van der Waals surface area contributed by atoms with E-state index in [1.54, 1.807) is 18.4 Å². The Morgan fingerprint density at radius 3 is 2.81 bits per heavy atom. The van der Waals surface area contributed by atoms with Gasteiger partial charge in [-0.2, -0.15) is 0 Å². The summed E-state index contributed by atoms with van der Waals surface area (Å²) < 4.78 is 0. The molecule has 5 nitrogen and oxygen atoms in total. The van der Waals surface area contributed by atoms with Crippen LogP contribution in [0.4, 0.5) is 0 Å².